The predicted octanol–water partition coefficient (Wildman–Crippen LogP) is 4.46. The molecule has 1 aliphatic rings. The van der Waals surface area contributed by atoms with Crippen LogP contribution in [0.2, 0.25) is 10.0 Å². The Kier molecular flexibility index (Phi) is 5.13. The Morgan fingerprint density at radius 1 is 1.32 bits per heavy atom. The van der Waals surface area contributed by atoms with Gasteiger partial charge in [-0.2, -0.15) is 0 Å². The molecule has 2 rings (SSSR count). The molecule has 0 spiro atoms. The second-order valence-corrected chi connectivity index (χ2v) is 6.07. The average Bonchev–Trinajstić information content (AvgIpc) is 2.65. The molecule has 1 aromatic rings. The normalized spacial score (nSPS) is 23.1. The Morgan fingerprint density at radius 2 is 2.05 bits per heavy atom. The summed E-state index contributed by atoms with van der Waals surface area (Å²) in [6.45, 7) is 6.99. The van der Waals surface area contributed by atoms with Crippen LogP contribution in [0.1, 0.15) is 38.4 Å². The smallest absolute Gasteiger partial charge is 0.0964 e. The largest absolute Gasteiger partial charge is 0.372 e. The fourth-order valence-electron chi connectivity index (χ4n) is 2.53. The number of halogens is 2. The average molecular weight is 302 g/mol. The molecular weight excluding hydrogens is 281 g/mol. The van der Waals surface area contributed by atoms with E-state index in [0.29, 0.717) is 10.0 Å². The van der Waals surface area contributed by atoms with Crippen molar-refractivity contribution in [2.45, 2.75) is 32.8 Å². The molecule has 0 saturated carbocycles. The molecule has 1 heterocycles. The van der Waals surface area contributed by atoms with E-state index in [4.69, 9.17) is 27.9 Å². The van der Waals surface area contributed by atoms with E-state index >= 15 is 0 Å². The maximum Gasteiger partial charge on any atom is 0.0964 e. The summed E-state index contributed by atoms with van der Waals surface area (Å²) in [4.78, 5) is 0. The summed E-state index contributed by atoms with van der Waals surface area (Å²) in [6.07, 6.45) is 2.21. The van der Waals surface area contributed by atoms with Gasteiger partial charge < -0.3 is 10.1 Å². The molecule has 1 N–H and O–H groups in total. The lowest BCUT2D eigenvalue weighted by Crippen LogP contribution is -2.34. The molecule has 0 aliphatic carbocycles. The second kappa shape index (κ2) is 6.45. The van der Waals surface area contributed by atoms with Gasteiger partial charge in [0.05, 0.1) is 22.8 Å². The molecule has 0 radical (unpaired) electrons. The lowest BCUT2D eigenvalue weighted by molar-refractivity contribution is 0.0103. The van der Waals surface area contributed by atoms with Crippen LogP contribution in [0.15, 0.2) is 18.2 Å². The first-order valence-corrected chi connectivity index (χ1v) is 7.63. The summed E-state index contributed by atoms with van der Waals surface area (Å²) >= 11 is 12.4. The van der Waals surface area contributed by atoms with E-state index in [9.17, 15) is 0 Å². The van der Waals surface area contributed by atoms with Crippen LogP contribution in [0.5, 0.6) is 0 Å². The fourth-order valence-corrected chi connectivity index (χ4v) is 2.96. The van der Waals surface area contributed by atoms with Gasteiger partial charge >= 0.3 is 0 Å². The van der Waals surface area contributed by atoms with Gasteiger partial charge in [-0.1, -0.05) is 49.2 Å². The van der Waals surface area contributed by atoms with Crippen molar-refractivity contribution in [3.63, 3.8) is 0 Å². The fraction of sp³-hybridized carbons (Fsp3) is 0.600. The number of hydrogen-bond acceptors (Lipinski definition) is 2. The molecule has 1 fully saturated rings. The highest BCUT2D eigenvalue weighted by Gasteiger charge is 2.31. The first-order valence-electron chi connectivity index (χ1n) is 6.88. The van der Waals surface area contributed by atoms with E-state index in [-0.39, 0.29) is 11.5 Å². The van der Waals surface area contributed by atoms with E-state index < -0.39 is 0 Å². The zero-order chi connectivity index (χ0) is 13.9. The third kappa shape index (κ3) is 3.25. The van der Waals surface area contributed by atoms with Gasteiger partial charge in [-0.3, -0.25) is 0 Å². The van der Waals surface area contributed by atoms with Crippen molar-refractivity contribution in [3.05, 3.63) is 33.8 Å². The Hall–Kier alpha value is -0.280. The van der Waals surface area contributed by atoms with Crippen molar-refractivity contribution in [1.29, 1.82) is 0 Å². The van der Waals surface area contributed by atoms with Crippen LogP contribution in [-0.2, 0) is 4.74 Å². The van der Waals surface area contributed by atoms with Crippen molar-refractivity contribution in [1.82, 2.24) is 5.32 Å². The Morgan fingerprint density at radius 3 is 2.74 bits per heavy atom. The Balaban J connectivity index is 2.17. The molecule has 1 saturated heterocycles. The minimum absolute atomic E-state index is 0.0221. The lowest BCUT2D eigenvalue weighted by Gasteiger charge is -2.29. The quantitative estimate of drug-likeness (QED) is 0.890. The van der Waals surface area contributed by atoms with Crippen LogP contribution in [0.4, 0.5) is 0 Å². The summed E-state index contributed by atoms with van der Waals surface area (Å²) in [5, 5.41) is 4.70. The molecule has 1 aromatic carbocycles. The lowest BCUT2D eigenvalue weighted by atomic mass is 9.83. The van der Waals surface area contributed by atoms with Gasteiger partial charge in [0.1, 0.15) is 0 Å². The van der Waals surface area contributed by atoms with E-state index in [1.165, 1.54) is 0 Å². The molecule has 19 heavy (non-hydrogen) atoms. The van der Waals surface area contributed by atoms with Crippen LogP contribution >= 0.6 is 23.2 Å². The van der Waals surface area contributed by atoms with Crippen molar-refractivity contribution in [2.75, 3.05) is 19.7 Å². The molecule has 0 amide bonds. The summed E-state index contributed by atoms with van der Waals surface area (Å²) in [5.74, 6) is 0. The van der Waals surface area contributed by atoms with Gasteiger partial charge in [-0.15, -0.1) is 0 Å². The zero-order valence-corrected chi connectivity index (χ0v) is 13.0. The van der Waals surface area contributed by atoms with Crippen molar-refractivity contribution >= 4 is 23.2 Å². The van der Waals surface area contributed by atoms with Crippen molar-refractivity contribution in [2.24, 2.45) is 5.41 Å². The number of nitrogens with one attached hydrogen (secondary N) is 1. The molecule has 0 aromatic heterocycles. The molecular formula is C15H21Cl2NO. The molecule has 2 nitrogen and oxygen atoms in total. The Labute approximate surface area is 125 Å². The van der Waals surface area contributed by atoms with Crippen LogP contribution < -0.4 is 5.32 Å². The van der Waals surface area contributed by atoms with Gasteiger partial charge in [0.25, 0.3) is 0 Å². The maximum atomic E-state index is 6.28. The summed E-state index contributed by atoms with van der Waals surface area (Å²) < 4.78 is 6.12. The van der Waals surface area contributed by atoms with Gasteiger partial charge in [0, 0.05) is 24.1 Å². The minimum atomic E-state index is -0.0221. The van der Waals surface area contributed by atoms with Gasteiger partial charge in [0.15, 0.2) is 0 Å². The Bertz CT molecular complexity index is 432. The summed E-state index contributed by atoms with van der Waals surface area (Å²) in [7, 11) is 0. The van der Waals surface area contributed by atoms with Crippen LogP contribution in [0, 0.1) is 5.41 Å². The third-order valence-electron chi connectivity index (χ3n) is 4.25. The summed E-state index contributed by atoms with van der Waals surface area (Å²) in [5.41, 5.74) is 1.21. The standard InChI is InChI=1S/C15H21Cl2NO/c1-3-15(4-2)9-18-8-13(19-10-15)11-6-5-7-12(16)14(11)17/h5-7,13,18H,3-4,8-10H2,1-2H3. The number of ether oxygens (including phenoxy) is 1. The molecule has 4 heteroatoms. The molecule has 106 valence electrons. The highest BCUT2D eigenvalue weighted by molar-refractivity contribution is 6.42. The van der Waals surface area contributed by atoms with E-state index in [2.05, 4.69) is 19.2 Å². The molecule has 0 bridgehead atoms. The monoisotopic (exact) mass is 301 g/mol. The highest BCUT2D eigenvalue weighted by atomic mass is 35.5. The number of hydrogen-bond donors (Lipinski definition) is 1. The SMILES string of the molecule is CCC1(CC)CNCC(c2cccc(Cl)c2Cl)OC1. The third-order valence-corrected chi connectivity index (χ3v) is 5.08. The van der Waals surface area contributed by atoms with Crippen LogP contribution in [0.25, 0.3) is 0 Å². The van der Waals surface area contributed by atoms with Crippen LogP contribution in [0.3, 0.4) is 0 Å². The van der Waals surface area contributed by atoms with Gasteiger partial charge in [0.2, 0.25) is 0 Å². The molecule has 1 unspecified atom stereocenters. The highest BCUT2D eigenvalue weighted by Crippen LogP contribution is 2.35. The maximum absolute atomic E-state index is 6.28. The topological polar surface area (TPSA) is 21.3 Å². The second-order valence-electron chi connectivity index (χ2n) is 5.28. The van der Waals surface area contributed by atoms with Crippen LogP contribution in [-0.4, -0.2) is 19.7 Å². The number of rotatable bonds is 3. The predicted molar refractivity (Wildman–Crippen MR) is 81.0 cm³/mol. The zero-order valence-electron chi connectivity index (χ0n) is 11.5. The van der Waals surface area contributed by atoms with Gasteiger partial charge in [-0.25, -0.2) is 0 Å². The first kappa shape index (κ1) is 15.1. The van der Waals surface area contributed by atoms with E-state index in [0.717, 1.165) is 38.1 Å². The molecule has 1 aliphatic heterocycles. The van der Waals surface area contributed by atoms with E-state index in [1.807, 2.05) is 12.1 Å². The van der Waals surface area contributed by atoms with Crippen molar-refractivity contribution < 1.29 is 4.74 Å². The number of benzene rings is 1. The summed E-state index contributed by atoms with van der Waals surface area (Å²) in [6, 6.07) is 5.72. The first-order chi connectivity index (χ1) is 9.12. The van der Waals surface area contributed by atoms with Crippen molar-refractivity contribution in [3.8, 4) is 0 Å². The molecule has 1 atom stereocenters. The van der Waals surface area contributed by atoms with E-state index in [1.54, 1.807) is 6.07 Å². The minimum Gasteiger partial charge on any atom is -0.372 e. The van der Waals surface area contributed by atoms with Gasteiger partial charge in [-0.05, 0) is 18.9 Å².